The van der Waals surface area contributed by atoms with E-state index in [1.54, 1.807) is 11.8 Å². The second-order valence-electron chi connectivity index (χ2n) is 6.84. The van der Waals surface area contributed by atoms with Gasteiger partial charge in [-0.3, -0.25) is 9.59 Å². The van der Waals surface area contributed by atoms with Crippen molar-refractivity contribution in [1.29, 1.82) is 0 Å². The van der Waals surface area contributed by atoms with Crippen LogP contribution < -0.4 is 5.32 Å². The van der Waals surface area contributed by atoms with Crippen molar-refractivity contribution >= 4 is 11.8 Å². The molecular formula is C16H24N4O5. The van der Waals surface area contributed by atoms with Gasteiger partial charge in [0.15, 0.2) is 5.82 Å². The molecule has 0 radical (unpaired) electrons. The van der Waals surface area contributed by atoms with Gasteiger partial charge in [-0.05, 0) is 25.7 Å². The lowest BCUT2D eigenvalue weighted by atomic mass is 9.80. The summed E-state index contributed by atoms with van der Waals surface area (Å²) in [6, 6.07) is -0.000432. The van der Waals surface area contributed by atoms with Gasteiger partial charge in [0.1, 0.15) is 13.2 Å². The third-order valence-electron chi connectivity index (χ3n) is 5.09. The molecule has 1 N–H and O–H groups in total. The Morgan fingerprint density at radius 1 is 1.36 bits per heavy atom. The van der Waals surface area contributed by atoms with Crippen LogP contribution in [0.3, 0.4) is 0 Å². The van der Waals surface area contributed by atoms with Gasteiger partial charge < -0.3 is 24.2 Å². The number of rotatable bonds is 6. The highest BCUT2D eigenvalue weighted by Crippen LogP contribution is 2.50. The average Bonchev–Trinajstić information content (AvgIpc) is 3.20. The maximum atomic E-state index is 12.2. The smallest absolute Gasteiger partial charge is 0.248 e. The van der Waals surface area contributed by atoms with Crippen LogP contribution in [0.4, 0.5) is 0 Å². The molecule has 0 aromatic carbocycles. The molecule has 0 spiro atoms. The minimum absolute atomic E-state index is 0.000432. The van der Waals surface area contributed by atoms with Crippen LogP contribution in [0.25, 0.3) is 0 Å². The number of nitrogens with one attached hydrogen (secondary N) is 1. The minimum atomic E-state index is -0.421. The van der Waals surface area contributed by atoms with Crippen LogP contribution in [-0.4, -0.2) is 73.4 Å². The number of likely N-dealkylation sites (tertiary alicyclic amines) is 1. The summed E-state index contributed by atoms with van der Waals surface area (Å²) >= 11 is 0. The van der Waals surface area contributed by atoms with E-state index in [9.17, 15) is 9.59 Å². The van der Waals surface area contributed by atoms with Gasteiger partial charge in [0, 0.05) is 33.4 Å². The molecule has 9 heteroatoms. The second kappa shape index (κ2) is 7.09. The summed E-state index contributed by atoms with van der Waals surface area (Å²) in [7, 11) is 3.00. The number of methoxy groups -OCH3 is 2. The zero-order chi connectivity index (χ0) is 18.0. The van der Waals surface area contributed by atoms with Gasteiger partial charge in [-0.1, -0.05) is 5.16 Å². The van der Waals surface area contributed by atoms with E-state index >= 15 is 0 Å². The van der Waals surface area contributed by atoms with Gasteiger partial charge in [0.25, 0.3) is 0 Å². The summed E-state index contributed by atoms with van der Waals surface area (Å²) < 4.78 is 15.3. The van der Waals surface area contributed by atoms with E-state index in [1.807, 2.05) is 0 Å². The van der Waals surface area contributed by atoms with Gasteiger partial charge >= 0.3 is 0 Å². The second-order valence-corrected chi connectivity index (χ2v) is 6.84. The van der Waals surface area contributed by atoms with Crippen molar-refractivity contribution in [2.45, 2.75) is 31.2 Å². The molecule has 1 saturated heterocycles. The van der Waals surface area contributed by atoms with E-state index in [1.165, 1.54) is 14.2 Å². The van der Waals surface area contributed by atoms with Crippen molar-refractivity contribution in [3.63, 3.8) is 0 Å². The highest BCUT2D eigenvalue weighted by Gasteiger charge is 2.58. The highest BCUT2D eigenvalue weighted by atomic mass is 16.5. The van der Waals surface area contributed by atoms with E-state index in [-0.39, 0.29) is 37.0 Å². The first-order valence-corrected chi connectivity index (χ1v) is 8.34. The lowest BCUT2D eigenvalue weighted by Crippen LogP contribution is -2.41. The molecule has 1 aromatic rings. The van der Waals surface area contributed by atoms with E-state index in [0.717, 1.165) is 6.42 Å². The molecule has 0 unspecified atom stereocenters. The largest absolute Gasteiger partial charge is 0.375 e. The van der Waals surface area contributed by atoms with Crippen molar-refractivity contribution in [1.82, 2.24) is 20.4 Å². The van der Waals surface area contributed by atoms with Gasteiger partial charge in [-0.2, -0.15) is 4.98 Å². The molecule has 1 aliphatic heterocycles. The van der Waals surface area contributed by atoms with Crippen molar-refractivity contribution in [2.75, 3.05) is 40.5 Å². The van der Waals surface area contributed by atoms with Crippen molar-refractivity contribution in [3.8, 4) is 0 Å². The fraction of sp³-hybridized carbons (Fsp3) is 0.750. The molecule has 2 amide bonds. The van der Waals surface area contributed by atoms with E-state index in [0.29, 0.717) is 31.2 Å². The third kappa shape index (κ3) is 3.38. The quantitative estimate of drug-likeness (QED) is 0.745. The third-order valence-corrected chi connectivity index (χ3v) is 5.09. The Hall–Kier alpha value is -2.00. The Balaban J connectivity index is 1.80. The molecule has 138 valence electrons. The zero-order valence-electron chi connectivity index (χ0n) is 14.8. The zero-order valence-corrected chi connectivity index (χ0v) is 14.8. The number of carbonyl (C=O) groups is 2. The number of hydrogen-bond acceptors (Lipinski definition) is 7. The van der Waals surface area contributed by atoms with Crippen LogP contribution >= 0.6 is 0 Å². The SMILES string of the molecule is COCC(=O)N[C@@H]1C[C@H]2CN(C(=O)COC)C[C@@]2(c2nc(C)no2)C1. The molecule has 2 aliphatic rings. The minimum Gasteiger partial charge on any atom is -0.375 e. The average molecular weight is 352 g/mol. The molecule has 0 bridgehead atoms. The molecule has 3 atom stereocenters. The van der Waals surface area contributed by atoms with Crippen molar-refractivity contribution in [2.24, 2.45) is 5.92 Å². The van der Waals surface area contributed by atoms with Gasteiger partial charge in [-0.15, -0.1) is 0 Å². The number of nitrogens with zero attached hydrogens (tertiary/aromatic N) is 3. The van der Waals surface area contributed by atoms with E-state index < -0.39 is 5.41 Å². The Morgan fingerprint density at radius 3 is 2.76 bits per heavy atom. The molecule has 3 rings (SSSR count). The fourth-order valence-electron chi connectivity index (χ4n) is 4.12. The van der Waals surface area contributed by atoms with Gasteiger partial charge in [0.05, 0.1) is 5.41 Å². The Bertz CT molecular complexity index is 648. The van der Waals surface area contributed by atoms with Crippen molar-refractivity contribution in [3.05, 3.63) is 11.7 Å². The summed E-state index contributed by atoms with van der Waals surface area (Å²) in [5.41, 5.74) is -0.421. The lowest BCUT2D eigenvalue weighted by molar-refractivity contribution is -0.134. The molecule has 2 heterocycles. The first kappa shape index (κ1) is 17.8. The van der Waals surface area contributed by atoms with Crippen LogP contribution in [0.2, 0.25) is 0 Å². The van der Waals surface area contributed by atoms with Crippen LogP contribution in [0, 0.1) is 12.8 Å². The highest BCUT2D eigenvalue weighted by molar-refractivity contribution is 5.78. The first-order chi connectivity index (χ1) is 12.0. The summed E-state index contributed by atoms with van der Waals surface area (Å²) in [5, 5.41) is 6.91. The van der Waals surface area contributed by atoms with Crippen molar-refractivity contribution < 1.29 is 23.6 Å². The maximum absolute atomic E-state index is 12.2. The number of hydrogen-bond donors (Lipinski definition) is 1. The van der Waals surface area contributed by atoms with Crippen LogP contribution in [0.15, 0.2) is 4.52 Å². The fourth-order valence-corrected chi connectivity index (χ4v) is 4.12. The topological polar surface area (TPSA) is 107 Å². The summed E-state index contributed by atoms with van der Waals surface area (Å²) in [6.07, 6.45) is 1.42. The maximum Gasteiger partial charge on any atom is 0.248 e. The number of fused-ring (bicyclic) bond motifs is 1. The van der Waals surface area contributed by atoms with Crippen LogP contribution in [-0.2, 0) is 24.5 Å². The molecule has 1 aromatic heterocycles. The number of carbonyl (C=O) groups excluding carboxylic acids is 2. The molecular weight excluding hydrogens is 328 g/mol. The molecule has 2 fully saturated rings. The number of aromatic nitrogens is 2. The standard InChI is InChI=1S/C16H24N4O5/c1-10-17-15(25-19-10)16-5-12(18-13(21)7-23-2)4-11(16)6-20(9-16)14(22)8-24-3/h11-12H,4-9H2,1-3H3,(H,18,21)/t11-,12+,16-/m0/s1. The summed E-state index contributed by atoms with van der Waals surface area (Å²) in [4.78, 5) is 30.3. The first-order valence-electron chi connectivity index (χ1n) is 8.34. The van der Waals surface area contributed by atoms with Crippen LogP contribution in [0.5, 0.6) is 0 Å². The molecule has 1 saturated carbocycles. The van der Waals surface area contributed by atoms with E-state index in [4.69, 9.17) is 14.0 Å². The molecule has 1 aliphatic carbocycles. The number of aryl methyl sites for hydroxylation is 1. The Kier molecular flexibility index (Phi) is 5.05. The predicted octanol–water partition coefficient (Wildman–Crippen LogP) is -0.354. The molecule has 9 nitrogen and oxygen atoms in total. The summed E-state index contributed by atoms with van der Waals surface area (Å²) in [6.45, 7) is 2.96. The lowest BCUT2D eigenvalue weighted by Gasteiger charge is -2.25. The van der Waals surface area contributed by atoms with Gasteiger partial charge in [-0.25, -0.2) is 0 Å². The van der Waals surface area contributed by atoms with Crippen LogP contribution in [0.1, 0.15) is 24.6 Å². The normalized spacial score (nSPS) is 28.2. The monoisotopic (exact) mass is 352 g/mol. The molecule has 25 heavy (non-hydrogen) atoms. The number of amides is 2. The van der Waals surface area contributed by atoms with Gasteiger partial charge in [0.2, 0.25) is 17.7 Å². The summed E-state index contributed by atoms with van der Waals surface area (Å²) in [5.74, 6) is 1.08. The van der Waals surface area contributed by atoms with E-state index in [2.05, 4.69) is 15.5 Å². The Morgan fingerprint density at radius 2 is 2.12 bits per heavy atom. The Labute approximate surface area is 146 Å². The number of ether oxygens (including phenoxy) is 2. The predicted molar refractivity (Wildman–Crippen MR) is 85.7 cm³/mol.